The topological polar surface area (TPSA) is 61.0 Å². The molecule has 0 unspecified atom stereocenters. The molecular formula is C9H13F2N3O2. The van der Waals surface area contributed by atoms with E-state index in [2.05, 4.69) is 5.10 Å². The average molecular weight is 233 g/mol. The van der Waals surface area contributed by atoms with Crippen molar-refractivity contribution in [1.29, 1.82) is 0 Å². The van der Waals surface area contributed by atoms with Gasteiger partial charge in [0.1, 0.15) is 12.4 Å². The van der Waals surface area contributed by atoms with Crippen LogP contribution in [-0.2, 0) is 6.54 Å². The van der Waals surface area contributed by atoms with Crippen molar-refractivity contribution in [2.24, 2.45) is 0 Å². The number of rotatable bonds is 6. The molecule has 0 saturated heterocycles. The number of hydrogen-bond donors (Lipinski definition) is 0. The van der Waals surface area contributed by atoms with Crippen molar-refractivity contribution in [3.63, 3.8) is 0 Å². The zero-order valence-corrected chi connectivity index (χ0v) is 8.90. The van der Waals surface area contributed by atoms with Crippen LogP contribution in [0.3, 0.4) is 0 Å². The monoisotopic (exact) mass is 233 g/mol. The molecule has 1 aromatic heterocycles. The van der Waals surface area contributed by atoms with E-state index >= 15 is 0 Å². The minimum absolute atomic E-state index is 0.0826. The van der Waals surface area contributed by atoms with Crippen molar-refractivity contribution in [3.8, 4) is 0 Å². The number of unbranched alkanes of at least 4 members (excludes halogenated alkanes) is 1. The highest BCUT2D eigenvalue weighted by atomic mass is 19.3. The molecule has 0 bridgehead atoms. The minimum atomic E-state index is -2.64. The van der Waals surface area contributed by atoms with Crippen molar-refractivity contribution in [3.05, 3.63) is 22.5 Å². The third kappa shape index (κ3) is 4.33. The third-order valence-corrected chi connectivity index (χ3v) is 2.08. The molecule has 0 saturated carbocycles. The number of nitro groups is 1. The first-order valence-electron chi connectivity index (χ1n) is 4.93. The lowest BCUT2D eigenvalue weighted by molar-refractivity contribution is -0.385. The summed E-state index contributed by atoms with van der Waals surface area (Å²) in [6.45, 7) is 1.30. The highest BCUT2D eigenvalue weighted by Gasteiger charge is 2.19. The SMILES string of the molecule is CC(F)(F)CCCCn1cc([N+](=O)[O-])cn1. The van der Waals surface area contributed by atoms with Crippen LogP contribution in [0.5, 0.6) is 0 Å². The molecule has 0 aliphatic heterocycles. The molecule has 0 aromatic carbocycles. The molecule has 7 heteroatoms. The lowest BCUT2D eigenvalue weighted by Crippen LogP contribution is -2.09. The molecule has 0 aliphatic rings. The van der Waals surface area contributed by atoms with Gasteiger partial charge in [-0.1, -0.05) is 0 Å². The second-order valence-corrected chi connectivity index (χ2v) is 3.75. The summed E-state index contributed by atoms with van der Waals surface area (Å²) < 4.78 is 26.3. The molecular weight excluding hydrogens is 220 g/mol. The Morgan fingerprint density at radius 3 is 2.75 bits per heavy atom. The number of alkyl halides is 2. The van der Waals surface area contributed by atoms with E-state index < -0.39 is 10.8 Å². The number of nitrogens with zero attached hydrogens (tertiary/aromatic N) is 3. The molecule has 0 fully saturated rings. The smallest absolute Gasteiger partial charge is 0.266 e. The standard InChI is InChI=1S/C9H13F2N3O2/c1-9(10,11)4-2-3-5-13-7-8(6-12-13)14(15)16/h6-7H,2-5H2,1H3. The van der Waals surface area contributed by atoms with Gasteiger partial charge in [0.25, 0.3) is 0 Å². The summed E-state index contributed by atoms with van der Waals surface area (Å²) in [5.74, 6) is -2.64. The van der Waals surface area contributed by atoms with E-state index in [1.807, 2.05) is 0 Å². The fourth-order valence-electron chi connectivity index (χ4n) is 1.28. The molecule has 0 amide bonds. The maximum Gasteiger partial charge on any atom is 0.306 e. The second-order valence-electron chi connectivity index (χ2n) is 3.75. The van der Waals surface area contributed by atoms with E-state index in [9.17, 15) is 18.9 Å². The first-order valence-corrected chi connectivity index (χ1v) is 4.93. The summed E-state index contributed by atoms with van der Waals surface area (Å²) in [5.41, 5.74) is -0.0826. The predicted molar refractivity (Wildman–Crippen MR) is 53.4 cm³/mol. The Labute approximate surface area is 91.2 Å². The first kappa shape index (κ1) is 12.5. The number of hydrogen-bond acceptors (Lipinski definition) is 3. The fourth-order valence-corrected chi connectivity index (χ4v) is 1.28. The summed E-state index contributed by atoms with van der Waals surface area (Å²) in [7, 11) is 0. The third-order valence-electron chi connectivity index (χ3n) is 2.08. The molecule has 1 aromatic rings. The van der Waals surface area contributed by atoms with Gasteiger partial charge in [-0.2, -0.15) is 5.10 Å². The van der Waals surface area contributed by atoms with Gasteiger partial charge in [-0.15, -0.1) is 0 Å². The van der Waals surface area contributed by atoms with Crippen molar-refractivity contribution in [2.45, 2.75) is 38.7 Å². The van der Waals surface area contributed by atoms with Gasteiger partial charge in [0.15, 0.2) is 0 Å². The molecule has 0 aliphatic carbocycles. The van der Waals surface area contributed by atoms with E-state index in [-0.39, 0.29) is 12.1 Å². The van der Waals surface area contributed by atoms with E-state index in [0.29, 0.717) is 19.4 Å². The van der Waals surface area contributed by atoms with Gasteiger partial charge in [0.05, 0.1) is 4.92 Å². The van der Waals surface area contributed by atoms with E-state index in [1.54, 1.807) is 0 Å². The van der Waals surface area contributed by atoms with Gasteiger partial charge in [-0.05, 0) is 19.8 Å². The van der Waals surface area contributed by atoms with Gasteiger partial charge in [0, 0.05) is 13.0 Å². The lowest BCUT2D eigenvalue weighted by atomic mass is 10.1. The normalized spacial score (nSPS) is 11.7. The molecule has 0 spiro atoms. The lowest BCUT2D eigenvalue weighted by Gasteiger charge is -2.08. The molecule has 0 radical (unpaired) electrons. The Bertz CT molecular complexity index is 360. The highest BCUT2D eigenvalue weighted by molar-refractivity contribution is 5.20. The largest absolute Gasteiger partial charge is 0.306 e. The average Bonchev–Trinajstić information content (AvgIpc) is 2.59. The van der Waals surface area contributed by atoms with E-state index in [4.69, 9.17) is 0 Å². The fraction of sp³-hybridized carbons (Fsp3) is 0.667. The van der Waals surface area contributed by atoms with Crippen LogP contribution < -0.4 is 0 Å². The quantitative estimate of drug-likeness (QED) is 0.431. The Morgan fingerprint density at radius 1 is 1.56 bits per heavy atom. The van der Waals surface area contributed by atoms with Crippen LogP contribution in [0, 0.1) is 10.1 Å². The zero-order chi connectivity index (χ0) is 12.2. The Hall–Kier alpha value is -1.53. The van der Waals surface area contributed by atoms with Crippen LogP contribution >= 0.6 is 0 Å². The summed E-state index contributed by atoms with van der Waals surface area (Å²) >= 11 is 0. The van der Waals surface area contributed by atoms with Crippen molar-refractivity contribution >= 4 is 5.69 Å². The maximum absolute atomic E-state index is 12.4. The van der Waals surface area contributed by atoms with Crippen LogP contribution in [0.15, 0.2) is 12.4 Å². The molecule has 0 N–H and O–H groups in total. The Kier molecular flexibility index (Phi) is 3.92. The number of aromatic nitrogens is 2. The molecule has 0 atom stereocenters. The minimum Gasteiger partial charge on any atom is -0.266 e. The van der Waals surface area contributed by atoms with Gasteiger partial charge in [-0.25, -0.2) is 8.78 Å². The molecule has 16 heavy (non-hydrogen) atoms. The summed E-state index contributed by atoms with van der Waals surface area (Å²) in [4.78, 5) is 9.79. The first-order chi connectivity index (χ1) is 7.38. The van der Waals surface area contributed by atoms with Gasteiger partial charge < -0.3 is 0 Å². The van der Waals surface area contributed by atoms with E-state index in [0.717, 1.165) is 13.1 Å². The van der Waals surface area contributed by atoms with Crippen LogP contribution in [0.4, 0.5) is 14.5 Å². The maximum atomic E-state index is 12.4. The Balaban J connectivity index is 2.30. The summed E-state index contributed by atoms with van der Waals surface area (Å²) in [5, 5.41) is 14.1. The number of halogens is 2. The van der Waals surface area contributed by atoms with Crippen LogP contribution in [0.1, 0.15) is 26.2 Å². The van der Waals surface area contributed by atoms with Crippen LogP contribution in [-0.4, -0.2) is 20.6 Å². The molecule has 1 heterocycles. The Morgan fingerprint density at radius 2 is 2.25 bits per heavy atom. The van der Waals surface area contributed by atoms with Crippen molar-refractivity contribution in [2.75, 3.05) is 0 Å². The number of aryl methyl sites for hydroxylation is 1. The van der Waals surface area contributed by atoms with Crippen molar-refractivity contribution < 1.29 is 13.7 Å². The molecule has 1 rings (SSSR count). The van der Waals surface area contributed by atoms with Gasteiger partial charge in [-0.3, -0.25) is 14.8 Å². The highest BCUT2D eigenvalue weighted by Crippen LogP contribution is 2.20. The molecule has 5 nitrogen and oxygen atoms in total. The van der Waals surface area contributed by atoms with Crippen molar-refractivity contribution in [1.82, 2.24) is 9.78 Å². The van der Waals surface area contributed by atoms with E-state index in [1.165, 1.54) is 10.9 Å². The van der Waals surface area contributed by atoms with Crippen LogP contribution in [0.2, 0.25) is 0 Å². The summed E-state index contributed by atoms with van der Waals surface area (Å²) in [6.07, 6.45) is 3.17. The zero-order valence-electron chi connectivity index (χ0n) is 8.90. The molecule has 90 valence electrons. The second kappa shape index (κ2) is 5.00. The predicted octanol–water partition coefficient (Wildman–Crippen LogP) is 2.62. The summed E-state index contributed by atoms with van der Waals surface area (Å²) in [6, 6.07) is 0. The van der Waals surface area contributed by atoms with Gasteiger partial charge >= 0.3 is 5.69 Å². The van der Waals surface area contributed by atoms with Gasteiger partial charge in [0.2, 0.25) is 5.92 Å². The van der Waals surface area contributed by atoms with Crippen LogP contribution in [0.25, 0.3) is 0 Å².